The van der Waals surface area contributed by atoms with Crippen molar-refractivity contribution in [3.63, 3.8) is 0 Å². The lowest BCUT2D eigenvalue weighted by atomic mass is 9.96. The van der Waals surface area contributed by atoms with Crippen LogP contribution in [0.5, 0.6) is 11.5 Å². The zero-order valence-electron chi connectivity index (χ0n) is 16.9. The molecule has 1 aliphatic rings. The molecule has 0 aromatic heterocycles. The highest BCUT2D eigenvalue weighted by Crippen LogP contribution is 2.27. The minimum absolute atomic E-state index is 0.0132. The standard InChI is InChI=1S/C20H32N4O3/c1-24(2)19(25)14-22-20(23-16-8-6-5-7-9-16)21-13-15-10-11-17(26-3)18(12-15)27-4/h10-12,16H,5-9,13-14H2,1-4H3,(H2,21,22,23). The lowest BCUT2D eigenvalue weighted by molar-refractivity contribution is -0.127. The summed E-state index contributed by atoms with van der Waals surface area (Å²) < 4.78 is 10.6. The first-order chi connectivity index (χ1) is 13.0. The Kier molecular flexibility index (Phi) is 8.23. The van der Waals surface area contributed by atoms with Crippen LogP contribution in [0.2, 0.25) is 0 Å². The highest BCUT2D eigenvalue weighted by molar-refractivity contribution is 5.86. The second kappa shape index (κ2) is 10.6. The van der Waals surface area contributed by atoms with Gasteiger partial charge in [0.05, 0.1) is 27.3 Å². The number of carbonyl (C=O) groups excluding carboxylic acids is 1. The second-order valence-electron chi connectivity index (χ2n) is 6.98. The number of guanidine groups is 1. The number of ether oxygens (including phenoxy) is 2. The third kappa shape index (κ3) is 6.66. The molecule has 7 nitrogen and oxygen atoms in total. The summed E-state index contributed by atoms with van der Waals surface area (Å²) in [7, 11) is 6.74. The van der Waals surface area contributed by atoms with Crippen LogP contribution in [0.1, 0.15) is 37.7 Å². The summed E-state index contributed by atoms with van der Waals surface area (Å²) in [6.07, 6.45) is 6.04. The van der Waals surface area contributed by atoms with Gasteiger partial charge >= 0.3 is 0 Å². The number of benzene rings is 1. The van der Waals surface area contributed by atoms with Crippen molar-refractivity contribution >= 4 is 11.9 Å². The van der Waals surface area contributed by atoms with E-state index >= 15 is 0 Å². The maximum atomic E-state index is 11.9. The molecule has 1 aromatic carbocycles. The molecule has 1 fully saturated rings. The van der Waals surface area contributed by atoms with E-state index in [9.17, 15) is 4.79 Å². The van der Waals surface area contributed by atoms with Crippen molar-refractivity contribution in [2.24, 2.45) is 4.99 Å². The minimum atomic E-state index is 0.0132. The van der Waals surface area contributed by atoms with E-state index in [0.29, 0.717) is 30.0 Å². The van der Waals surface area contributed by atoms with E-state index in [2.05, 4.69) is 15.6 Å². The van der Waals surface area contributed by atoms with Crippen molar-refractivity contribution < 1.29 is 14.3 Å². The molecule has 0 unspecified atom stereocenters. The maximum Gasteiger partial charge on any atom is 0.241 e. The highest BCUT2D eigenvalue weighted by Gasteiger charge is 2.15. The number of carbonyl (C=O) groups is 1. The monoisotopic (exact) mass is 376 g/mol. The summed E-state index contributed by atoms with van der Waals surface area (Å²) in [5.41, 5.74) is 1.01. The lowest BCUT2D eigenvalue weighted by Crippen LogP contribution is -2.47. The van der Waals surface area contributed by atoms with Crippen LogP contribution in [-0.2, 0) is 11.3 Å². The molecular weight excluding hydrogens is 344 g/mol. The summed E-state index contributed by atoms with van der Waals surface area (Å²) in [5, 5.41) is 6.65. The molecule has 0 radical (unpaired) electrons. The van der Waals surface area contributed by atoms with Crippen LogP contribution in [0.25, 0.3) is 0 Å². The van der Waals surface area contributed by atoms with Crippen molar-refractivity contribution in [2.75, 3.05) is 34.9 Å². The van der Waals surface area contributed by atoms with Gasteiger partial charge in [0.2, 0.25) is 5.91 Å². The Hall–Kier alpha value is -2.44. The van der Waals surface area contributed by atoms with Crippen LogP contribution in [0.15, 0.2) is 23.2 Å². The quantitative estimate of drug-likeness (QED) is 0.563. The van der Waals surface area contributed by atoms with Gasteiger partial charge in [0, 0.05) is 20.1 Å². The molecule has 0 saturated heterocycles. The van der Waals surface area contributed by atoms with E-state index < -0.39 is 0 Å². The van der Waals surface area contributed by atoms with E-state index in [0.717, 1.165) is 18.4 Å². The number of hydrogen-bond acceptors (Lipinski definition) is 4. The number of rotatable bonds is 7. The van der Waals surface area contributed by atoms with Gasteiger partial charge in [0.1, 0.15) is 0 Å². The number of nitrogens with one attached hydrogen (secondary N) is 2. The number of aliphatic imine (C=N–C) groups is 1. The SMILES string of the molecule is COc1ccc(CN=C(NCC(=O)N(C)C)NC2CCCCC2)cc1OC. The Bertz CT molecular complexity index is 640. The van der Waals surface area contributed by atoms with Gasteiger partial charge in [0.15, 0.2) is 17.5 Å². The number of amides is 1. The minimum Gasteiger partial charge on any atom is -0.493 e. The van der Waals surface area contributed by atoms with Crippen LogP contribution in [0.3, 0.4) is 0 Å². The highest BCUT2D eigenvalue weighted by atomic mass is 16.5. The average molecular weight is 377 g/mol. The predicted molar refractivity (Wildman–Crippen MR) is 107 cm³/mol. The average Bonchev–Trinajstić information content (AvgIpc) is 2.70. The molecular formula is C20H32N4O3. The van der Waals surface area contributed by atoms with E-state index in [1.165, 1.54) is 19.3 Å². The number of methoxy groups -OCH3 is 2. The van der Waals surface area contributed by atoms with Gasteiger partial charge in [-0.05, 0) is 30.5 Å². The maximum absolute atomic E-state index is 11.9. The van der Waals surface area contributed by atoms with E-state index in [1.54, 1.807) is 33.2 Å². The van der Waals surface area contributed by atoms with E-state index in [4.69, 9.17) is 9.47 Å². The van der Waals surface area contributed by atoms with Crippen molar-refractivity contribution in [3.8, 4) is 11.5 Å². The van der Waals surface area contributed by atoms with Gasteiger partial charge in [-0.15, -0.1) is 0 Å². The fourth-order valence-corrected chi connectivity index (χ4v) is 3.06. The molecule has 1 saturated carbocycles. The van der Waals surface area contributed by atoms with Crippen LogP contribution in [-0.4, -0.2) is 57.7 Å². The summed E-state index contributed by atoms with van der Waals surface area (Å²) in [5.74, 6) is 2.06. The van der Waals surface area contributed by atoms with Crippen LogP contribution >= 0.6 is 0 Å². The molecule has 2 rings (SSSR count). The topological polar surface area (TPSA) is 75.2 Å². The number of likely N-dealkylation sites (N-methyl/N-ethyl adjacent to an activating group) is 1. The van der Waals surface area contributed by atoms with E-state index in [-0.39, 0.29) is 12.5 Å². The molecule has 0 bridgehead atoms. The lowest BCUT2D eigenvalue weighted by Gasteiger charge is -2.25. The van der Waals surface area contributed by atoms with Crippen molar-refractivity contribution in [3.05, 3.63) is 23.8 Å². The molecule has 2 N–H and O–H groups in total. The third-order valence-corrected chi connectivity index (χ3v) is 4.72. The van der Waals surface area contributed by atoms with Crippen molar-refractivity contribution in [1.82, 2.24) is 15.5 Å². The van der Waals surface area contributed by atoms with Gasteiger partial charge in [-0.2, -0.15) is 0 Å². The normalized spacial score (nSPS) is 15.2. The van der Waals surface area contributed by atoms with Crippen molar-refractivity contribution in [1.29, 1.82) is 0 Å². The molecule has 1 aromatic rings. The molecule has 7 heteroatoms. The Morgan fingerprint density at radius 2 is 1.85 bits per heavy atom. The molecule has 0 heterocycles. The van der Waals surface area contributed by atoms with E-state index in [1.807, 2.05) is 18.2 Å². The summed E-state index contributed by atoms with van der Waals surface area (Å²) >= 11 is 0. The first-order valence-electron chi connectivity index (χ1n) is 9.49. The van der Waals surface area contributed by atoms with Gasteiger partial charge in [-0.1, -0.05) is 25.3 Å². The first kappa shape index (κ1) is 20.9. The summed E-state index contributed by atoms with van der Waals surface area (Å²) in [6.45, 7) is 0.704. The zero-order chi connectivity index (χ0) is 19.6. The number of nitrogens with zero attached hydrogens (tertiary/aromatic N) is 2. The molecule has 0 spiro atoms. The molecule has 27 heavy (non-hydrogen) atoms. The molecule has 1 amide bonds. The zero-order valence-corrected chi connectivity index (χ0v) is 16.9. The summed E-state index contributed by atoms with van der Waals surface area (Å²) in [6, 6.07) is 6.17. The first-order valence-corrected chi connectivity index (χ1v) is 9.49. The van der Waals surface area contributed by atoms with Crippen molar-refractivity contribution in [2.45, 2.75) is 44.7 Å². The van der Waals surface area contributed by atoms with Crippen LogP contribution < -0.4 is 20.1 Å². The van der Waals surface area contributed by atoms with Gasteiger partial charge < -0.3 is 25.0 Å². The molecule has 1 aliphatic carbocycles. The molecule has 0 aliphatic heterocycles. The predicted octanol–water partition coefficient (Wildman–Crippen LogP) is 2.16. The summed E-state index contributed by atoms with van der Waals surface area (Å²) in [4.78, 5) is 18.2. The Morgan fingerprint density at radius 3 is 2.48 bits per heavy atom. The van der Waals surface area contributed by atoms with Gasteiger partial charge in [0.25, 0.3) is 0 Å². The largest absolute Gasteiger partial charge is 0.493 e. The fraction of sp³-hybridized carbons (Fsp3) is 0.600. The Labute approximate surface area is 162 Å². The Balaban J connectivity index is 2.06. The Morgan fingerprint density at radius 1 is 1.15 bits per heavy atom. The van der Waals surface area contributed by atoms with Crippen LogP contribution in [0, 0.1) is 0 Å². The molecule has 150 valence electrons. The van der Waals surface area contributed by atoms with Gasteiger partial charge in [-0.25, -0.2) is 4.99 Å². The van der Waals surface area contributed by atoms with Crippen LogP contribution in [0.4, 0.5) is 0 Å². The second-order valence-corrected chi connectivity index (χ2v) is 6.98. The fourth-order valence-electron chi connectivity index (χ4n) is 3.06. The smallest absolute Gasteiger partial charge is 0.241 e. The molecule has 0 atom stereocenters. The number of hydrogen-bond donors (Lipinski definition) is 2. The third-order valence-electron chi connectivity index (χ3n) is 4.72. The van der Waals surface area contributed by atoms with Gasteiger partial charge in [-0.3, -0.25) is 4.79 Å².